The molecule has 1 aliphatic heterocycles. The summed E-state index contributed by atoms with van der Waals surface area (Å²) >= 11 is 13.4. The van der Waals surface area contributed by atoms with Crippen molar-refractivity contribution < 1.29 is 4.74 Å². The number of hydrogen-bond donors (Lipinski definition) is 1. The molecule has 3 rings (SSSR count). The van der Waals surface area contributed by atoms with Crippen LogP contribution in [0.15, 0.2) is 33.1 Å². The Bertz CT molecular complexity index is 758. The zero-order valence-electron chi connectivity index (χ0n) is 10.9. The molecule has 0 atom stereocenters. The lowest BCUT2D eigenvalue weighted by molar-refractivity contribution is 0.397. The highest BCUT2D eigenvalue weighted by Crippen LogP contribution is 2.47. The van der Waals surface area contributed by atoms with Gasteiger partial charge in [0.05, 0.1) is 34.2 Å². The van der Waals surface area contributed by atoms with Crippen molar-refractivity contribution in [1.29, 1.82) is 0 Å². The van der Waals surface area contributed by atoms with Gasteiger partial charge in [-0.15, -0.1) is 0 Å². The van der Waals surface area contributed by atoms with Crippen molar-refractivity contribution in [3.8, 4) is 5.88 Å². The Morgan fingerprint density at radius 2 is 2.00 bits per heavy atom. The lowest BCUT2D eigenvalue weighted by Crippen LogP contribution is -2.01. The number of aromatic nitrogens is 1. The zero-order valence-corrected chi connectivity index (χ0v) is 13.3. The highest BCUT2D eigenvalue weighted by Gasteiger charge is 2.18. The molecule has 1 aliphatic rings. The summed E-state index contributed by atoms with van der Waals surface area (Å²) < 4.78 is 13.4. The molecule has 2 heterocycles. The molecule has 0 spiro atoms. The molecule has 8 heteroatoms. The second-order valence-corrected chi connectivity index (χ2v) is 5.58. The van der Waals surface area contributed by atoms with Crippen LogP contribution >= 0.6 is 23.2 Å². The van der Waals surface area contributed by atoms with E-state index in [2.05, 4.69) is 19.0 Å². The van der Waals surface area contributed by atoms with Gasteiger partial charge in [-0.1, -0.05) is 29.3 Å². The monoisotopic (exact) mass is 340 g/mol. The lowest BCUT2D eigenvalue weighted by Gasteiger charge is -2.12. The molecule has 0 radical (unpaired) electrons. The van der Waals surface area contributed by atoms with E-state index in [0.29, 0.717) is 33.8 Å². The van der Waals surface area contributed by atoms with E-state index in [1.54, 1.807) is 25.4 Å². The number of methoxy groups -OCH3 is 1. The molecule has 0 aliphatic carbocycles. The number of rotatable bonds is 4. The van der Waals surface area contributed by atoms with Crippen LogP contribution < -0.4 is 10.1 Å². The van der Waals surface area contributed by atoms with E-state index in [-0.39, 0.29) is 0 Å². The van der Waals surface area contributed by atoms with E-state index >= 15 is 0 Å². The van der Waals surface area contributed by atoms with Crippen LogP contribution in [-0.4, -0.2) is 12.1 Å². The molecule has 0 fully saturated rings. The third-order valence-corrected chi connectivity index (χ3v) is 4.03. The minimum Gasteiger partial charge on any atom is -0.481 e. The van der Waals surface area contributed by atoms with Crippen molar-refractivity contribution in [2.75, 3.05) is 12.4 Å². The first-order valence-electron chi connectivity index (χ1n) is 6.02. The van der Waals surface area contributed by atoms with Gasteiger partial charge in [0, 0.05) is 18.8 Å². The minimum absolute atomic E-state index is 0.500. The maximum Gasteiger partial charge on any atom is 0.212 e. The van der Waals surface area contributed by atoms with Crippen LogP contribution in [0.4, 0.5) is 17.1 Å². The number of halogens is 2. The Hall–Kier alpha value is -1.63. The molecule has 2 aromatic rings. The third kappa shape index (κ3) is 2.88. The lowest BCUT2D eigenvalue weighted by atomic mass is 10.2. The molecule has 21 heavy (non-hydrogen) atoms. The Labute approximate surface area is 135 Å². The Kier molecular flexibility index (Phi) is 4.10. The molecule has 1 aromatic heterocycles. The normalized spacial score (nSPS) is 12.0. The van der Waals surface area contributed by atoms with Gasteiger partial charge in [-0.2, -0.15) is 8.73 Å². The molecule has 5 nitrogen and oxygen atoms in total. The predicted octanol–water partition coefficient (Wildman–Crippen LogP) is 4.74. The number of fused-ring (bicyclic) bond motifs is 1. The molecular formula is C13H10Cl2N4OS. The zero-order chi connectivity index (χ0) is 14.8. The summed E-state index contributed by atoms with van der Waals surface area (Å²) in [5, 5.41) is 4.27. The predicted molar refractivity (Wildman–Crippen MR) is 86.1 cm³/mol. The first-order chi connectivity index (χ1) is 10.2. The minimum atomic E-state index is 0.500. The quantitative estimate of drug-likeness (QED) is 0.746. The van der Waals surface area contributed by atoms with Crippen molar-refractivity contribution in [3.05, 3.63) is 40.0 Å². The fourth-order valence-electron chi connectivity index (χ4n) is 1.87. The van der Waals surface area contributed by atoms with E-state index in [4.69, 9.17) is 27.9 Å². The number of nitrogens with one attached hydrogen (secondary N) is 1. The number of anilines is 1. The van der Waals surface area contributed by atoms with E-state index in [1.165, 1.54) is 0 Å². The summed E-state index contributed by atoms with van der Waals surface area (Å²) in [7, 11) is 1.58. The maximum atomic E-state index is 6.23. The third-order valence-electron chi connectivity index (χ3n) is 2.92. The molecule has 0 unspecified atom stereocenters. The van der Waals surface area contributed by atoms with E-state index in [0.717, 1.165) is 22.6 Å². The Morgan fingerprint density at radius 1 is 1.19 bits per heavy atom. The average molecular weight is 341 g/mol. The van der Waals surface area contributed by atoms with Gasteiger partial charge in [0.2, 0.25) is 5.88 Å². The van der Waals surface area contributed by atoms with Gasteiger partial charge < -0.3 is 10.1 Å². The van der Waals surface area contributed by atoms with Crippen LogP contribution in [-0.2, 0) is 17.9 Å². The summed E-state index contributed by atoms with van der Waals surface area (Å²) in [5.41, 5.74) is 3.05. The summed E-state index contributed by atoms with van der Waals surface area (Å²) in [4.78, 5) is 4.16. The van der Waals surface area contributed by atoms with Gasteiger partial charge in [0.25, 0.3) is 0 Å². The van der Waals surface area contributed by atoms with Gasteiger partial charge in [-0.3, -0.25) is 0 Å². The van der Waals surface area contributed by atoms with Crippen LogP contribution in [0, 0.1) is 0 Å². The van der Waals surface area contributed by atoms with Crippen LogP contribution in [0.3, 0.4) is 0 Å². The summed E-state index contributed by atoms with van der Waals surface area (Å²) in [6, 6.07) is 5.40. The van der Waals surface area contributed by atoms with Crippen molar-refractivity contribution >= 4 is 51.6 Å². The van der Waals surface area contributed by atoms with Gasteiger partial charge in [0.15, 0.2) is 0 Å². The summed E-state index contributed by atoms with van der Waals surface area (Å²) in [6.07, 6.45) is 1.74. The molecule has 0 amide bonds. The van der Waals surface area contributed by atoms with E-state index < -0.39 is 0 Å². The number of hydrogen-bond acceptors (Lipinski definition) is 5. The highest BCUT2D eigenvalue weighted by molar-refractivity contribution is 7.58. The fraction of sp³-hybridized carbons (Fsp3) is 0.154. The van der Waals surface area contributed by atoms with Crippen LogP contribution in [0.25, 0.3) is 0 Å². The van der Waals surface area contributed by atoms with Gasteiger partial charge in [-0.25, -0.2) is 4.98 Å². The van der Waals surface area contributed by atoms with Crippen molar-refractivity contribution in [2.24, 2.45) is 8.73 Å². The Balaban J connectivity index is 1.82. The molecule has 0 saturated carbocycles. The molecule has 1 N–H and O–H groups in total. The molecule has 0 saturated heterocycles. The average Bonchev–Trinajstić information content (AvgIpc) is 2.97. The number of benzene rings is 1. The molecule has 0 bridgehead atoms. The topological polar surface area (TPSA) is 58.9 Å². The summed E-state index contributed by atoms with van der Waals surface area (Å²) in [6.45, 7) is 0.560. The van der Waals surface area contributed by atoms with Crippen molar-refractivity contribution in [2.45, 2.75) is 6.54 Å². The smallest absolute Gasteiger partial charge is 0.212 e. The summed E-state index contributed by atoms with van der Waals surface area (Å²) in [5.74, 6) is 0.578. The standard InChI is InChI=1S/C13H10Cl2N4OS/c1-20-10-3-2-7(5-16-10)6-17-11-8(14)4-9(15)12-13(11)19-21-18-12/h2-5,17H,6H2,1H3. The molecular weight excluding hydrogens is 331 g/mol. The van der Waals surface area contributed by atoms with Crippen LogP contribution in [0.1, 0.15) is 5.56 Å². The second kappa shape index (κ2) is 6.01. The largest absolute Gasteiger partial charge is 0.481 e. The first kappa shape index (κ1) is 14.3. The van der Waals surface area contributed by atoms with E-state index in [1.807, 2.05) is 6.07 Å². The van der Waals surface area contributed by atoms with Crippen LogP contribution in [0.2, 0.25) is 10.0 Å². The maximum absolute atomic E-state index is 6.23. The fourth-order valence-corrected chi connectivity index (χ4v) is 3.05. The molecule has 108 valence electrons. The van der Waals surface area contributed by atoms with Crippen molar-refractivity contribution in [1.82, 2.24) is 4.98 Å². The van der Waals surface area contributed by atoms with Crippen LogP contribution in [0.5, 0.6) is 5.88 Å². The molecule has 1 aromatic carbocycles. The second-order valence-electron chi connectivity index (χ2n) is 4.24. The highest BCUT2D eigenvalue weighted by atomic mass is 35.5. The number of pyridine rings is 1. The van der Waals surface area contributed by atoms with Gasteiger partial charge >= 0.3 is 0 Å². The first-order valence-corrected chi connectivity index (χ1v) is 7.50. The SMILES string of the molecule is COc1ccc(CNc2c(Cl)cc(Cl)c3c2N=S=N3)cn1. The van der Waals surface area contributed by atoms with Crippen molar-refractivity contribution in [3.63, 3.8) is 0 Å². The Morgan fingerprint density at radius 3 is 2.71 bits per heavy atom. The van der Waals surface area contributed by atoms with Gasteiger partial charge in [-0.05, 0) is 11.6 Å². The van der Waals surface area contributed by atoms with E-state index in [9.17, 15) is 0 Å². The van der Waals surface area contributed by atoms with Gasteiger partial charge in [0.1, 0.15) is 11.4 Å². The number of nitrogens with zero attached hydrogens (tertiary/aromatic N) is 3. The number of ether oxygens (including phenoxy) is 1.